The molecule has 6 nitrogen and oxygen atoms in total. The molecule has 3 aromatic rings. The summed E-state index contributed by atoms with van der Waals surface area (Å²) in [6.07, 6.45) is 6.18. The van der Waals surface area contributed by atoms with Crippen LogP contribution in [0.25, 0.3) is 0 Å². The number of allylic oxidation sites excluding steroid dienone is 2. The van der Waals surface area contributed by atoms with Crippen LogP contribution in [0.4, 0.5) is 0 Å². The summed E-state index contributed by atoms with van der Waals surface area (Å²) in [4.78, 5) is 36.5. The Bertz CT molecular complexity index is 1390. The molecule has 0 saturated carbocycles. The van der Waals surface area contributed by atoms with Crippen LogP contribution in [0.15, 0.2) is 106 Å². The molecule has 1 atom stereocenters. The first-order valence-corrected chi connectivity index (χ1v) is 12.7. The average molecular weight is 498 g/mol. The van der Waals surface area contributed by atoms with E-state index < -0.39 is 0 Å². The van der Waals surface area contributed by atoms with Crippen molar-refractivity contribution in [2.45, 2.75) is 24.8 Å². The van der Waals surface area contributed by atoms with Gasteiger partial charge in [-0.2, -0.15) is 0 Å². The molecule has 0 bridgehead atoms. The monoisotopic (exact) mass is 497 g/mol. The highest BCUT2D eigenvalue weighted by Gasteiger charge is 2.27. The van der Waals surface area contributed by atoms with Crippen molar-refractivity contribution >= 4 is 29.4 Å². The van der Waals surface area contributed by atoms with E-state index in [1.807, 2.05) is 54.6 Å². The van der Waals surface area contributed by atoms with Crippen LogP contribution in [0.2, 0.25) is 0 Å². The molecule has 2 aromatic carbocycles. The second-order valence-electron chi connectivity index (χ2n) is 8.38. The minimum atomic E-state index is -0.343. The van der Waals surface area contributed by atoms with Crippen LogP contribution in [-0.2, 0) is 16.1 Å². The van der Waals surface area contributed by atoms with E-state index in [4.69, 9.17) is 9.73 Å². The van der Waals surface area contributed by atoms with Crippen LogP contribution in [0, 0.1) is 5.92 Å². The maximum Gasteiger partial charge on any atom is 0.338 e. The number of thioether (sulfide) groups is 1. The highest BCUT2D eigenvalue weighted by atomic mass is 32.2. The first kappa shape index (κ1) is 23.8. The number of benzene rings is 2. The number of ether oxygens (including phenoxy) is 1. The van der Waals surface area contributed by atoms with E-state index in [1.165, 1.54) is 0 Å². The van der Waals surface area contributed by atoms with Crippen LogP contribution in [0.3, 0.4) is 0 Å². The number of pyridine rings is 1. The van der Waals surface area contributed by atoms with Crippen molar-refractivity contribution in [1.29, 1.82) is 0 Å². The molecule has 182 valence electrons. The van der Waals surface area contributed by atoms with Crippen molar-refractivity contribution in [3.63, 3.8) is 0 Å². The van der Waals surface area contributed by atoms with E-state index >= 15 is 0 Å². The molecular weight excluding hydrogens is 470 g/mol. The number of carbonyl (C=O) groups excluding carboxylic acids is 2. The van der Waals surface area contributed by atoms with Gasteiger partial charge in [0.2, 0.25) is 5.91 Å². The van der Waals surface area contributed by atoms with Gasteiger partial charge in [-0.25, -0.2) is 4.79 Å². The van der Waals surface area contributed by atoms with Gasteiger partial charge in [0.25, 0.3) is 0 Å². The Hall–Kier alpha value is -3.97. The molecule has 2 heterocycles. The average Bonchev–Trinajstić information content (AvgIpc) is 3.09. The highest BCUT2D eigenvalue weighted by molar-refractivity contribution is 8.03. The van der Waals surface area contributed by atoms with Crippen molar-refractivity contribution < 1.29 is 15.8 Å². The third-order valence-corrected chi connectivity index (χ3v) is 7.13. The molecule has 2 aliphatic rings. The van der Waals surface area contributed by atoms with Gasteiger partial charge in [-0.3, -0.25) is 14.8 Å². The summed E-state index contributed by atoms with van der Waals surface area (Å²) in [6.45, 7) is 2.51. The van der Waals surface area contributed by atoms with Gasteiger partial charge in [-0.15, -0.1) is 0 Å². The first-order valence-electron chi connectivity index (χ1n) is 11.8. The summed E-state index contributed by atoms with van der Waals surface area (Å²) in [7, 11) is 0. The number of fused-ring (bicyclic) bond motifs is 1. The van der Waals surface area contributed by atoms with E-state index in [1.54, 1.807) is 37.0 Å². The normalized spacial score (nSPS) is 16.4. The van der Waals surface area contributed by atoms with Gasteiger partial charge >= 0.3 is 5.97 Å². The predicted octanol–water partition coefficient (Wildman–Crippen LogP) is 5.55. The number of esters is 1. The standard InChI is InChI=1S/C29H25N3O3S.H2/c1-2-35-29(34)20-12-10-19(11-13-20)27-23-8-3-4-9-25(23)36-26-15-14-21(17-24(26)32-27)28(33)31-18-22-7-5-6-16-30-22;/h3-16,21H,2,17-18H2,1H3,(H,31,33);1H. The van der Waals surface area contributed by atoms with Gasteiger partial charge in [0.05, 0.1) is 41.7 Å². The lowest BCUT2D eigenvalue weighted by atomic mass is 9.96. The molecule has 1 aromatic heterocycles. The van der Waals surface area contributed by atoms with E-state index in [0.717, 1.165) is 38.0 Å². The Labute approximate surface area is 215 Å². The van der Waals surface area contributed by atoms with E-state index in [-0.39, 0.29) is 19.2 Å². The molecule has 7 heteroatoms. The van der Waals surface area contributed by atoms with Crippen LogP contribution in [0.1, 0.15) is 42.0 Å². The van der Waals surface area contributed by atoms with Gasteiger partial charge in [0.1, 0.15) is 0 Å². The zero-order chi connectivity index (χ0) is 24.9. The smallest absolute Gasteiger partial charge is 0.338 e. The Morgan fingerprint density at radius 1 is 1.08 bits per heavy atom. The fraction of sp³-hybridized carbons (Fsp3) is 0.172. The Balaban J connectivity index is 0.00000320. The number of hydrogen-bond acceptors (Lipinski definition) is 6. The van der Waals surface area contributed by atoms with E-state index in [2.05, 4.69) is 22.4 Å². The zero-order valence-electron chi connectivity index (χ0n) is 19.8. The molecule has 5 rings (SSSR count). The quantitative estimate of drug-likeness (QED) is 0.452. The summed E-state index contributed by atoms with van der Waals surface area (Å²) in [5, 5.41) is 2.99. The van der Waals surface area contributed by atoms with E-state index in [9.17, 15) is 9.59 Å². The van der Waals surface area contributed by atoms with E-state index in [0.29, 0.717) is 25.1 Å². The van der Waals surface area contributed by atoms with Crippen molar-refractivity contribution in [3.05, 3.63) is 118 Å². The fourth-order valence-electron chi connectivity index (χ4n) is 4.13. The summed E-state index contributed by atoms with van der Waals surface area (Å²) >= 11 is 1.66. The molecule has 0 radical (unpaired) electrons. The molecule has 0 fully saturated rings. The molecule has 36 heavy (non-hydrogen) atoms. The van der Waals surface area contributed by atoms with Gasteiger partial charge in [-0.1, -0.05) is 54.2 Å². The second kappa shape index (κ2) is 10.7. The number of hydrogen-bond donors (Lipinski definition) is 1. The van der Waals surface area contributed by atoms with Crippen LogP contribution >= 0.6 is 11.8 Å². The van der Waals surface area contributed by atoms with Crippen LogP contribution < -0.4 is 5.32 Å². The number of rotatable bonds is 6. The highest BCUT2D eigenvalue weighted by Crippen LogP contribution is 2.41. The number of nitrogens with one attached hydrogen (secondary N) is 1. The molecule has 1 amide bonds. The molecule has 1 aliphatic carbocycles. The fourth-order valence-corrected chi connectivity index (χ4v) is 5.18. The van der Waals surface area contributed by atoms with Crippen molar-refractivity contribution in [2.24, 2.45) is 10.9 Å². The lowest BCUT2D eigenvalue weighted by Crippen LogP contribution is -2.30. The summed E-state index contributed by atoms with van der Waals surface area (Å²) < 4.78 is 5.11. The molecule has 1 aliphatic heterocycles. The lowest BCUT2D eigenvalue weighted by Gasteiger charge is -2.19. The Morgan fingerprint density at radius 2 is 1.89 bits per heavy atom. The minimum absolute atomic E-state index is 0. The third-order valence-electron chi connectivity index (χ3n) is 5.96. The molecular formula is C29H27N3O3S. The maximum absolute atomic E-state index is 12.9. The number of nitrogens with zero attached hydrogens (tertiary/aromatic N) is 2. The molecule has 1 N–H and O–H groups in total. The van der Waals surface area contributed by atoms with Gasteiger partial charge < -0.3 is 10.1 Å². The number of aromatic nitrogens is 1. The number of aliphatic imine (C=N–C) groups is 1. The lowest BCUT2D eigenvalue weighted by molar-refractivity contribution is -0.123. The summed E-state index contributed by atoms with van der Waals surface area (Å²) in [6, 6.07) is 21.1. The van der Waals surface area contributed by atoms with Crippen molar-refractivity contribution in [2.75, 3.05) is 6.61 Å². The summed E-state index contributed by atoms with van der Waals surface area (Å²) in [5.74, 6) is -0.707. The largest absolute Gasteiger partial charge is 0.462 e. The topological polar surface area (TPSA) is 80.6 Å². The van der Waals surface area contributed by atoms with Crippen molar-refractivity contribution in [3.8, 4) is 0 Å². The molecule has 0 saturated heterocycles. The summed E-state index contributed by atoms with van der Waals surface area (Å²) in [5.41, 5.74) is 4.93. The Morgan fingerprint density at radius 3 is 2.67 bits per heavy atom. The number of amides is 1. The minimum Gasteiger partial charge on any atom is -0.462 e. The molecule has 0 spiro atoms. The van der Waals surface area contributed by atoms with Gasteiger partial charge in [0, 0.05) is 35.0 Å². The zero-order valence-corrected chi connectivity index (χ0v) is 20.6. The first-order chi connectivity index (χ1) is 17.6. The predicted molar refractivity (Wildman–Crippen MR) is 143 cm³/mol. The Kier molecular flexibility index (Phi) is 7.09. The second-order valence-corrected chi connectivity index (χ2v) is 9.46. The van der Waals surface area contributed by atoms with Gasteiger partial charge in [0.15, 0.2) is 0 Å². The SMILES string of the molecule is CCOC(=O)c1ccc(C2=NC3=C(C=CC(C(=O)NCc4ccccn4)C3)Sc3ccccc32)cc1.[HH]. The third kappa shape index (κ3) is 5.16. The van der Waals surface area contributed by atoms with Gasteiger partial charge in [-0.05, 0) is 43.3 Å². The number of carbonyl (C=O) groups is 2. The maximum atomic E-state index is 12.9. The van der Waals surface area contributed by atoms with Crippen LogP contribution in [0.5, 0.6) is 0 Å². The van der Waals surface area contributed by atoms with Crippen molar-refractivity contribution in [1.82, 2.24) is 10.3 Å². The van der Waals surface area contributed by atoms with Crippen LogP contribution in [-0.4, -0.2) is 29.2 Å². The molecule has 1 unspecified atom stereocenters.